The molecule has 0 saturated heterocycles. The fraction of sp³-hybridized carbons (Fsp3) is 0.174. The molecule has 0 aliphatic heterocycles. The first-order valence-electron chi connectivity index (χ1n) is 8.69. The molecule has 0 amide bonds. The van der Waals surface area contributed by atoms with E-state index in [1.54, 1.807) is 12.1 Å². The summed E-state index contributed by atoms with van der Waals surface area (Å²) < 4.78 is 5.67. The Balaban J connectivity index is 1.73. The van der Waals surface area contributed by atoms with Crippen molar-refractivity contribution in [2.75, 3.05) is 6.61 Å². The summed E-state index contributed by atoms with van der Waals surface area (Å²) in [6.45, 7) is 0.492. The Morgan fingerprint density at radius 3 is 1.96 bits per heavy atom. The molecule has 3 nitrogen and oxygen atoms in total. The van der Waals surface area contributed by atoms with Gasteiger partial charge in [-0.25, -0.2) is 0 Å². The Kier molecular flexibility index (Phi) is 6.31. The number of carbonyl (C=O) groups excluding carboxylic acids is 1. The maximum atomic E-state index is 13.0. The third-order valence-corrected chi connectivity index (χ3v) is 4.28. The summed E-state index contributed by atoms with van der Waals surface area (Å²) in [4.78, 5) is 13.0. The van der Waals surface area contributed by atoms with Gasteiger partial charge >= 0.3 is 0 Å². The van der Waals surface area contributed by atoms with E-state index in [9.17, 15) is 9.90 Å². The third kappa shape index (κ3) is 4.66. The Labute approximate surface area is 153 Å². The molecular weight excluding hydrogens is 324 g/mol. The topological polar surface area (TPSA) is 46.5 Å². The minimum Gasteiger partial charge on any atom is -0.390 e. The van der Waals surface area contributed by atoms with Crippen LogP contribution < -0.4 is 0 Å². The maximum Gasteiger partial charge on any atom is 0.173 e. The van der Waals surface area contributed by atoms with Crippen LogP contribution in [0.3, 0.4) is 0 Å². The van der Waals surface area contributed by atoms with E-state index in [-0.39, 0.29) is 12.4 Å². The summed E-state index contributed by atoms with van der Waals surface area (Å²) in [6, 6.07) is 28.2. The standard InChI is InChI=1S/C23H22O3/c24-21(17-26-16-18-10-4-1-5-11-18)22(19-12-6-2-7-13-19)23(25)20-14-8-3-9-15-20/h1-15,21-22,24H,16-17H2/t21-,22-/m0/s1. The third-order valence-electron chi connectivity index (χ3n) is 4.28. The number of aliphatic hydroxyl groups excluding tert-OH is 1. The quantitative estimate of drug-likeness (QED) is 0.621. The summed E-state index contributed by atoms with van der Waals surface area (Å²) in [5, 5.41) is 10.7. The van der Waals surface area contributed by atoms with E-state index in [1.807, 2.05) is 78.9 Å². The van der Waals surface area contributed by atoms with Crippen molar-refractivity contribution in [3.05, 3.63) is 108 Å². The number of ketones is 1. The van der Waals surface area contributed by atoms with E-state index < -0.39 is 12.0 Å². The summed E-state index contributed by atoms with van der Waals surface area (Å²) in [7, 11) is 0. The van der Waals surface area contributed by atoms with Gasteiger partial charge in [0.1, 0.15) is 0 Å². The number of hydrogen-bond donors (Lipinski definition) is 1. The van der Waals surface area contributed by atoms with Gasteiger partial charge in [0.25, 0.3) is 0 Å². The summed E-state index contributed by atoms with van der Waals surface area (Å²) in [5.41, 5.74) is 2.41. The molecular formula is C23H22O3. The highest BCUT2D eigenvalue weighted by molar-refractivity contribution is 6.01. The zero-order chi connectivity index (χ0) is 18.2. The van der Waals surface area contributed by atoms with Gasteiger partial charge in [-0.3, -0.25) is 4.79 Å². The minimum atomic E-state index is -0.922. The lowest BCUT2D eigenvalue weighted by atomic mass is 9.86. The van der Waals surface area contributed by atoms with Gasteiger partial charge in [0.05, 0.1) is 25.2 Å². The lowest BCUT2D eigenvalue weighted by Gasteiger charge is -2.22. The molecule has 0 unspecified atom stereocenters. The second-order valence-corrected chi connectivity index (χ2v) is 6.19. The SMILES string of the molecule is O=C(c1ccccc1)[C@@H](c1ccccc1)[C@@H](O)COCc1ccccc1. The van der Waals surface area contributed by atoms with Crippen LogP contribution in [0.4, 0.5) is 0 Å². The van der Waals surface area contributed by atoms with Crippen molar-refractivity contribution in [2.24, 2.45) is 0 Å². The molecule has 2 atom stereocenters. The molecule has 0 fully saturated rings. The molecule has 3 heteroatoms. The Bertz CT molecular complexity index is 801. The zero-order valence-electron chi connectivity index (χ0n) is 14.5. The second kappa shape index (κ2) is 9.09. The van der Waals surface area contributed by atoms with Crippen molar-refractivity contribution < 1.29 is 14.6 Å². The highest BCUT2D eigenvalue weighted by Crippen LogP contribution is 2.25. The first kappa shape index (κ1) is 18.1. The number of Topliss-reactive ketones (excluding diaryl/α,β-unsaturated/α-hetero) is 1. The van der Waals surface area contributed by atoms with E-state index in [4.69, 9.17) is 4.74 Å². The molecule has 0 spiro atoms. The van der Waals surface area contributed by atoms with Gasteiger partial charge in [0.15, 0.2) is 5.78 Å². The van der Waals surface area contributed by atoms with Crippen LogP contribution in [-0.2, 0) is 11.3 Å². The molecule has 26 heavy (non-hydrogen) atoms. The first-order chi connectivity index (χ1) is 12.8. The van der Waals surface area contributed by atoms with E-state index >= 15 is 0 Å². The van der Waals surface area contributed by atoms with Crippen molar-refractivity contribution in [3.63, 3.8) is 0 Å². The fourth-order valence-corrected chi connectivity index (χ4v) is 2.96. The molecule has 1 N–H and O–H groups in total. The van der Waals surface area contributed by atoms with Gasteiger partial charge in [-0.2, -0.15) is 0 Å². The molecule has 0 heterocycles. The van der Waals surface area contributed by atoms with Crippen LogP contribution in [0, 0.1) is 0 Å². The fourth-order valence-electron chi connectivity index (χ4n) is 2.96. The van der Waals surface area contributed by atoms with E-state index in [0.29, 0.717) is 12.2 Å². The van der Waals surface area contributed by atoms with Crippen LogP contribution >= 0.6 is 0 Å². The van der Waals surface area contributed by atoms with Gasteiger partial charge < -0.3 is 9.84 Å². The average Bonchev–Trinajstić information content (AvgIpc) is 2.70. The van der Waals surface area contributed by atoms with Crippen LogP contribution in [0.25, 0.3) is 0 Å². The van der Waals surface area contributed by atoms with Gasteiger partial charge in [-0.05, 0) is 11.1 Å². The normalized spacial score (nSPS) is 13.1. The Morgan fingerprint density at radius 2 is 1.35 bits per heavy atom. The number of benzene rings is 3. The summed E-state index contributed by atoms with van der Waals surface area (Å²) in [5.74, 6) is -0.762. The summed E-state index contributed by atoms with van der Waals surface area (Å²) in [6.07, 6.45) is -0.922. The van der Waals surface area contributed by atoms with Crippen LogP contribution in [0.5, 0.6) is 0 Å². The monoisotopic (exact) mass is 346 g/mol. The zero-order valence-corrected chi connectivity index (χ0v) is 14.5. The molecule has 3 rings (SSSR count). The number of carbonyl (C=O) groups is 1. The molecule has 0 aromatic heterocycles. The highest BCUT2D eigenvalue weighted by atomic mass is 16.5. The second-order valence-electron chi connectivity index (χ2n) is 6.19. The number of rotatable bonds is 8. The molecule has 3 aromatic rings. The Hall–Kier alpha value is -2.75. The average molecular weight is 346 g/mol. The van der Waals surface area contributed by atoms with Crippen LogP contribution in [0.1, 0.15) is 27.4 Å². The summed E-state index contributed by atoms with van der Waals surface area (Å²) >= 11 is 0. The number of hydrogen-bond acceptors (Lipinski definition) is 3. The molecule has 132 valence electrons. The van der Waals surface area contributed by atoms with Gasteiger partial charge in [-0.15, -0.1) is 0 Å². The smallest absolute Gasteiger partial charge is 0.173 e. The molecule has 0 aliphatic carbocycles. The lowest BCUT2D eigenvalue weighted by Crippen LogP contribution is -2.30. The van der Waals surface area contributed by atoms with Gasteiger partial charge in [0, 0.05) is 5.56 Å². The van der Waals surface area contributed by atoms with Crippen LogP contribution in [0.15, 0.2) is 91.0 Å². The van der Waals surface area contributed by atoms with E-state index in [1.165, 1.54) is 0 Å². The van der Waals surface area contributed by atoms with Crippen molar-refractivity contribution in [3.8, 4) is 0 Å². The largest absolute Gasteiger partial charge is 0.390 e. The van der Waals surface area contributed by atoms with Crippen LogP contribution in [0.2, 0.25) is 0 Å². The van der Waals surface area contributed by atoms with Crippen LogP contribution in [-0.4, -0.2) is 23.6 Å². The van der Waals surface area contributed by atoms with E-state index in [0.717, 1.165) is 11.1 Å². The molecule has 0 aliphatic rings. The predicted molar refractivity (Wildman–Crippen MR) is 102 cm³/mol. The van der Waals surface area contributed by atoms with Crippen molar-refractivity contribution in [2.45, 2.75) is 18.6 Å². The molecule has 3 aromatic carbocycles. The van der Waals surface area contributed by atoms with Crippen molar-refractivity contribution in [1.29, 1.82) is 0 Å². The first-order valence-corrected chi connectivity index (χ1v) is 8.69. The maximum absolute atomic E-state index is 13.0. The predicted octanol–water partition coefficient (Wildman–Crippen LogP) is 4.23. The molecule has 0 saturated carbocycles. The molecule has 0 radical (unpaired) electrons. The number of ether oxygens (including phenoxy) is 1. The lowest BCUT2D eigenvalue weighted by molar-refractivity contribution is 0.0157. The Morgan fingerprint density at radius 1 is 0.808 bits per heavy atom. The van der Waals surface area contributed by atoms with Gasteiger partial charge in [0.2, 0.25) is 0 Å². The van der Waals surface area contributed by atoms with E-state index in [2.05, 4.69) is 0 Å². The minimum absolute atomic E-state index is 0.0903. The molecule has 0 bridgehead atoms. The van der Waals surface area contributed by atoms with Crippen molar-refractivity contribution in [1.82, 2.24) is 0 Å². The highest BCUT2D eigenvalue weighted by Gasteiger charge is 2.29. The van der Waals surface area contributed by atoms with Gasteiger partial charge in [-0.1, -0.05) is 91.0 Å². The number of aliphatic hydroxyl groups is 1. The van der Waals surface area contributed by atoms with Crippen molar-refractivity contribution >= 4 is 5.78 Å².